The molecular weight excluding hydrogens is 490 g/mol. The summed E-state index contributed by atoms with van der Waals surface area (Å²) in [4.78, 5) is 0. The van der Waals surface area contributed by atoms with Crippen LogP contribution in [0.3, 0.4) is 0 Å². The zero-order valence-electron chi connectivity index (χ0n) is 11.0. The molecule has 0 heterocycles. The summed E-state index contributed by atoms with van der Waals surface area (Å²) >= 11 is 0. The zero-order valence-corrected chi connectivity index (χ0v) is 15.6. The molecule has 18 N–H and O–H groups in total. The summed E-state index contributed by atoms with van der Waals surface area (Å²) in [5, 5.41) is 0. The van der Waals surface area contributed by atoms with Gasteiger partial charge in [0.25, 0.3) is 0 Å². The average molecular weight is 508 g/mol. The maximum absolute atomic E-state index is 8.52. The molecule has 0 aliphatic rings. The minimum absolute atomic E-state index is 0. The third-order valence-corrected chi connectivity index (χ3v) is 0. The fourth-order valence-corrected chi connectivity index (χ4v) is 0. The minimum atomic E-state index is -5.17. The van der Waals surface area contributed by atoms with Gasteiger partial charge < -0.3 is 64.2 Å². The van der Waals surface area contributed by atoms with Crippen LogP contribution < -0.4 is 36.9 Å². The van der Waals surface area contributed by atoms with Gasteiger partial charge in [-0.3, -0.25) is 25.3 Å². The van der Waals surface area contributed by atoms with Crippen molar-refractivity contribution in [3.8, 4) is 0 Å². The van der Waals surface area contributed by atoms with E-state index in [-0.39, 0.29) is 70.5 Å². The first-order chi connectivity index (χ1) is 6.00. The quantitative estimate of drug-likeness (QED) is 0.140. The maximum Gasteiger partial charge on any atom is 3.00 e. The van der Waals surface area contributed by atoms with Gasteiger partial charge in [0.2, 0.25) is 0 Å². The third kappa shape index (κ3) is 63400. The van der Waals surface area contributed by atoms with Crippen molar-refractivity contribution in [3.05, 3.63) is 0 Å². The van der Waals surface area contributed by atoms with Crippen molar-refractivity contribution < 1.29 is 86.1 Å². The Morgan fingerprint density at radius 3 is 0.348 bits per heavy atom. The van der Waals surface area contributed by atoms with Crippen LogP contribution in [-0.2, 0) is 64.8 Å². The Morgan fingerprint density at radius 1 is 0.348 bits per heavy atom. The summed E-state index contributed by atoms with van der Waals surface area (Å²) in [6.07, 6.45) is 0. The standard InChI is InChI=1S/2Co.6H3N.3H2O4S/c;;;;;;;;3*1-5(2,3)4/h;;6*1H3;3*(H2,1,2,3,4)/q2*+3;;;;;;;;;/p-6. The van der Waals surface area contributed by atoms with Crippen molar-refractivity contribution >= 4 is 31.2 Å². The van der Waals surface area contributed by atoms with Gasteiger partial charge in [0, 0.05) is 31.2 Å². The molecule has 0 saturated carbocycles. The molecular formula is H18Co2N6O12S3. The molecule has 0 saturated heterocycles. The van der Waals surface area contributed by atoms with E-state index in [9.17, 15) is 0 Å². The molecule has 0 aliphatic heterocycles. The van der Waals surface area contributed by atoms with Gasteiger partial charge in [0.15, 0.2) is 0 Å². The Kier molecular flexibility index (Phi) is 101. The van der Waals surface area contributed by atoms with E-state index in [2.05, 4.69) is 0 Å². The van der Waals surface area contributed by atoms with Gasteiger partial charge in [0.1, 0.15) is 0 Å². The molecule has 0 bridgehead atoms. The zero-order chi connectivity index (χ0) is 13.5. The van der Waals surface area contributed by atoms with Crippen LogP contribution in [0.25, 0.3) is 0 Å². The van der Waals surface area contributed by atoms with Crippen LogP contribution in [-0.4, -0.2) is 52.6 Å². The van der Waals surface area contributed by atoms with Crippen molar-refractivity contribution in [2.24, 2.45) is 0 Å². The van der Waals surface area contributed by atoms with E-state index in [0.717, 1.165) is 0 Å². The predicted octanol–water partition coefficient (Wildman–Crippen LogP) is -3.05. The minimum Gasteiger partial charge on any atom is -0.759 e. The first-order valence-corrected chi connectivity index (χ1v) is 6.00. The molecule has 0 spiro atoms. The molecule has 0 aromatic heterocycles. The molecule has 0 atom stereocenters. The summed E-state index contributed by atoms with van der Waals surface area (Å²) in [7, 11) is -15.5. The normalized spacial score (nSPS) is 7.57. The first-order valence-electron chi connectivity index (χ1n) is 2.00. The van der Waals surface area contributed by atoms with Gasteiger partial charge in [-0.2, -0.15) is 0 Å². The van der Waals surface area contributed by atoms with Gasteiger partial charge in [-0.05, 0) is 0 Å². The van der Waals surface area contributed by atoms with Gasteiger partial charge in [-0.1, -0.05) is 0 Å². The van der Waals surface area contributed by atoms with E-state index in [1.807, 2.05) is 0 Å². The van der Waals surface area contributed by atoms with Crippen molar-refractivity contribution in [2.45, 2.75) is 0 Å². The predicted molar refractivity (Wildman–Crippen MR) is 61.6 cm³/mol. The largest absolute Gasteiger partial charge is 3.00 e. The monoisotopic (exact) mass is 508 g/mol. The van der Waals surface area contributed by atoms with Crippen molar-refractivity contribution in [1.82, 2.24) is 36.9 Å². The van der Waals surface area contributed by atoms with E-state index in [1.54, 1.807) is 0 Å². The van der Waals surface area contributed by atoms with Crippen molar-refractivity contribution in [1.29, 1.82) is 0 Å². The van der Waals surface area contributed by atoms with Crippen LogP contribution in [0.1, 0.15) is 0 Å². The molecule has 23 heavy (non-hydrogen) atoms. The molecule has 0 unspecified atom stereocenters. The van der Waals surface area contributed by atoms with E-state index < -0.39 is 31.2 Å². The fraction of sp³-hybridized carbons (Fsp3) is 0. The van der Waals surface area contributed by atoms with E-state index in [0.29, 0.717) is 0 Å². The smallest absolute Gasteiger partial charge is 0.759 e. The van der Waals surface area contributed by atoms with Crippen LogP contribution in [0.2, 0.25) is 0 Å². The summed E-state index contributed by atoms with van der Waals surface area (Å²) in [5.74, 6) is 0. The van der Waals surface area contributed by atoms with Gasteiger partial charge in [-0.15, -0.1) is 0 Å². The van der Waals surface area contributed by atoms with Crippen molar-refractivity contribution in [2.75, 3.05) is 0 Å². The Bertz CT molecular complexity index is 360. The summed E-state index contributed by atoms with van der Waals surface area (Å²) in [5.41, 5.74) is 0. The molecule has 18 nitrogen and oxygen atoms in total. The second-order valence-electron chi connectivity index (χ2n) is 1.22. The summed E-state index contributed by atoms with van der Waals surface area (Å²) in [6.45, 7) is 0. The van der Waals surface area contributed by atoms with E-state index in [1.165, 1.54) is 0 Å². The Hall–Kier alpha value is 0.383. The van der Waals surface area contributed by atoms with Gasteiger partial charge in [0.05, 0.1) is 0 Å². The van der Waals surface area contributed by atoms with E-state index >= 15 is 0 Å². The van der Waals surface area contributed by atoms with Crippen LogP contribution in [0.5, 0.6) is 0 Å². The number of hydrogen-bond donors (Lipinski definition) is 6. The average Bonchev–Trinajstić information content (AvgIpc) is 1.41. The Labute approximate surface area is 154 Å². The Balaban J connectivity index is -0.00000000889. The first kappa shape index (κ1) is 76.4. The van der Waals surface area contributed by atoms with Crippen LogP contribution in [0.15, 0.2) is 0 Å². The molecule has 0 aromatic rings. The topological polar surface area (TPSA) is 451 Å². The third-order valence-electron chi connectivity index (χ3n) is 0. The van der Waals surface area contributed by atoms with Crippen molar-refractivity contribution in [3.63, 3.8) is 0 Å². The summed E-state index contributed by atoms with van der Waals surface area (Å²) < 4.78 is 102. The fourth-order valence-electron chi connectivity index (χ4n) is 0. The second-order valence-corrected chi connectivity index (χ2v) is 3.67. The van der Waals surface area contributed by atoms with Gasteiger partial charge in [-0.25, -0.2) is 0 Å². The molecule has 0 amide bonds. The SMILES string of the molecule is N.N.N.N.N.N.O=S(=O)([O-])[O-].O=S(=O)([O-])[O-].O=S(=O)([O-])[O-].[Co+3].[Co+3]. The second kappa shape index (κ2) is 30.3. The molecule has 0 aromatic carbocycles. The molecule has 0 aliphatic carbocycles. The molecule has 0 radical (unpaired) electrons. The number of rotatable bonds is 0. The van der Waals surface area contributed by atoms with Crippen LogP contribution in [0.4, 0.5) is 0 Å². The van der Waals surface area contributed by atoms with Crippen LogP contribution >= 0.6 is 0 Å². The molecule has 156 valence electrons. The van der Waals surface area contributed by atoms with Gasteiger partial charge >= 0.3 is 33.6 Å². The molecule has 0 rings (SSSR count). The number of hydrogen-bond acceptors (Lipinski definition) is 18. The molecule has 23 heteroatoms. The molecule has 0 fully saturated rings. The van der Waals surface area contributed by atoms with Crippen LogP contribution in [0, 0.1) is 0 Å². The Morgan fingerprint density at radius 2 is 0.348 bits per heavy atom. The van der Waals surface area contributed by atoms with E-state index in [4.69, 9.17) is 52.6 Å². The summed E-state index contributed by atoms with van der Waals surface area (Å²) in [6, 6.07) is 0. The maximum atomic E-state index is 8.52.